The lowest BCUT2D eigenvalue weighted by Gasteiger charge is -2.12. The summed E-state index contributed by atoms with van der Waals surface area (Å²) in [6, 6.07) is 12.2. The molecule has 0 atom stereocenters. The molecular weight excluding hydrogens is 288 g/mol. The average molecular weight is 310 g/mol. The number of amides is 1. The highest BCUT2D eigenvalue weighted by molar-refractivity contribution is 6.03. The van der Waals surface area contributed by atoms with Crippen molar-refractivity contribution in [3.05, 3.63) is 47.5 Å². The van der Waals surface area contributed by atoms with Gasteiger partial charge in [-0.3, -0.25) is 10.2 Å². The predicted octanol–water partition coefficient (Wildman–Crippen LogP) is 3.43. The van der Waals surface area contributed by atoms with Crippen molar-refractivity contribution in [3.8, 4) is 5.75 Å². The first kappa shape index (κ1) is 15.6. The molecule has 3 rings (SSSR count). The molecule has 1 aliphatic rings. The standard InChI is InChI=1S/C19H22N2O2/c1-2-3-6-11-23-18-10-9-14-7-4-5-8-16(14)17(18)12-15-13-20-21-19(15)22/h4-5,7-10,12,20H,2-3,6,11,13H2,1H3,(H,21,22)/b15-12+. The third kappa shape index (κ3) is 3.54. The summed E-state index contributed by atoms with van der Waals surface area (Å²) in [5.74, 6) is 0.766. The van der Waals surface area contributed by atoms with Gasteiger partial charge in [-0.05, 0) is 29.3 Å². The number of ether oxygens (including phenoxy) is 1. The molecule has 0 saturated carbocycles. The first-order valence-electron chi connectivity index (χ1n) is 8.18. The van der Waals surface area contributed by atoms with Crippen LogP contribution >= 0.6 is 0 Å². The molecule has 0 aromatic heterocycles. The van der Waals surface area contributed by atoms with E-state index in [-0.39, 0.29) is 5.91 Å². The van der Waals surface area contributed by atoms with Gasteiger partial charge >= 0.3 is 0 Å². The number of hydrazine groups is 1. The second-order valence-corrected chi connectivity index (χ2v) is 5.73. The van der Waals surface area contributed by atoms with Crippen molar-refractivity contribution in [1.82, 2.24) is 10.9 Å². The maximum atomic E-state index is 11.8. The van der Waals surface area contributed by atoms with E-state index in [0.717, 1.165) is 40.5 Å². The number of hydrogen-bond donors (Lipinski definition) is 2. The second kappa shape index (κ2) is 7.29. The number of carbonyl (C=O) groups is 1. The molecule has 4 heteroatoms. The molecular formula is C19H22N2O2. The quantitative estimate of drug-likeness (QED) is 0.635. The van der Waals surface area contributed by atoms with Crippen molar-refractivity contribution in [2.24, 2.45) is 0 Å². The van der Waals surface area contributed by atoms with E-state index < -0.39 is 0 Å². The van der Waals surface area contributed by atoms with E-state index in [4.69, 9.17) is 4.74 Å². The highest BCUT2D eigenvalue weighted by Gasteiger charge is 2.17. The van der Waals surface area contributed by atoms with Crippen molar-refractivity contribution in [2.75, 3.05) is 13.2 Å². The predicted molar refractivity (Wildman–Crippen MR) is 93.1 cm³/mol. The number of nitrogens with one attached hydrogen (secondary N) is 2. The summed E-state index contributed by atoms with van der Waals surface area (Å²) >= 11 is 0. The van der Waals surface area contributed by atoms with E-state index in [1.807, 2.05) is 24.3 Å². The van der Waals surface area contributed by atoms with E-state index in [1.54, 1.807) is 0 Å². The highest BCUT2D eigenvalue weighted by Crippen LogP contribution is 2.30. The van der Waals surface area contributed by atoms with E-state index in [9.17, 15) is 4.79 Å². The zero-order valence-electron chi connectivity index (χ0n) is 13.4. The van der Waals surface area contributed by atoms with Crippen LogP contribution in [0.15, 0.2) is 42.0 Å². The molecule has 2 N–H and O–H groups in total. The molecule has 2 aromatic carbocycles. The largest absolute Gasteiger partial charge is 0.493 e. The Morgan fingerprint density at radius 3 is 2.83 bits per heavy atom. The fourth-order valence-corrected chi connectivity index (χ4v) is 2.76. The van der Waals surface area contributed by atoms with Crippen LogP contribution in [0.1, 0.15) is 31.7 Å². The molecule has 1 amide bonds. The molecule has 4 nitrogen and oxygen atoms in total. The molecule has 2 aromatic rings. The average Bonchev–Trinajstić information content (AvgIpc) is 2.98. The topological polar surface area (TPSA) is 50.4 Å². The Morgan fingerprint density at radius 1 is 1.17 bits per heavy atom. The molecule has 1 aliphatic heterocycles. The Bertz CT molecular complexity index is 737. The minimum Gasteiger partial charge on any atom is -0.493 e. The van der Waals surface area contributed by atoms with Gasteiger partial charge in [-0.15, -0.1) is 0 Å². The van der Waals surface area contributed by atoms with Crippen LogP contribution in [0.2, 0.25) is 0 Å². The minimum absolute atomic E-state index is 0.0742. The van der Waals surface area contributed by atoms with Crippen molar-refractivity contribution in [2.45, 2.75) is 26.2 Å². The Hall–Kier alpha value is -2.33. The Balaban J connectivity index is 1.98. The molecule has 0 spiro atoms. The lowest BCUT2D eigenvalue weighted by Crippen LogP contribution is -2.25. The molecule has 1 heterocycles. The number of unbranched alkanes of at least 4 members (excludes halogenated alkanes) is 2. The molecule has 23 heavy (non-hydrogen) atoms. The summed E-state index contributed by atoms with van der Waals surface area (Å²) < 4.78 is 6.00. The molecule has 1 fully saturated rings. The zero-order chi connectivity index (χ0) is 16.1. The summed E-state index contributed by atoms with van der Waals surface area (Å²) in [6.07, 6.45) is 5.31. The number of fused-ring (bicyclic) bond motifs is 1. The third-order valence-electron chi connectivity index (χ3n) is 4.03. The van der Waals surface area contributed by atoms with Crippen LogP contribution < -0.4 is 15.6 Å². The second-order valence-electron chi connectivity index (χ2n) is 5.73. The number of rotatable bonds is 6. The van der Waals surface area contributed by atoms with E-state index in [1.165, 1.54) is 6.42 Å². The van der Waals surface area contributed by atoms with Gasteiger partial charge in [-0.25, -0.2) is 5.43 Å². The fourth-order valence-electron chi connectivity index (χ4n) is 2.76. The maximum absolute atomic E-state index is 11.8. The number of carbonyl (C=O) groups excluding carboxylic acids is 1. The number of benzene rings is 2. The fraction of sp³-hybridized carbons (Fsp3) is 0.316. The summed E-state index contributed by atoms with van der Waals surface area (Å²) in [5.41, 5.74) is 7.18. The maximum Gasteiger partial charge on any atom is 0.262 e. The smallest absolute Gasteiger partial charge is 0.262 e. The van der Waals surface area contributed by atoms with Crippen LogP contribution in [-0.2, 0) is 4.79 Å². The van der Waals surface area contributed by atoms with Gasteiger partial charge in [-0.1, -0.05) is 50.1 Å². The Morgan fingerprint density at radius 2 is 2.04 bits per heavy atom. The van der Waals surface area contributed by atoms with Gasteiger partial charge in [0.2, 0.25) is 0 Å². The van der Waals surface area contributed by atoms with E-state index >= 15 is 0 Å². The van der Waals surface area contributed by atoms with Gasteiger partial charge in [0.15, 0.2) is 0 Å². The third-order valence-corrected chi connectivity index (χ3v) is 4.03. The van der Waals surface area contributed by atoms with Gasteiger partial charge in [0, 0.05) is 17.7 Å². The van der Waals surface area contributed by atoms with Crippen molar-refractivity contribution in [1.29, 1.82) is 0 Å². The SMILES string of the molecule is CCCCCOc1ccc2ccccc2c1/C=C1\CNNC1=O. The molecule has 120 valence electrons. The lowest BCUT2D eigenvalue weighted by atomic mass is 10.0. The highest BCUT2D eigenvalue weighted by atomic mass is 16.5. The van der Waals surface area contributed by atoms with Gasteiger partial charge in [-0.2, -0.15) is 0 Å². The summed E-state index contributed by atoms with van der Waals surface area (Å²) in [7, 11) is 0. The molecule has 0 aliphatic carbocycles. The van der Waals surface area contributed by atoms with Crippen LogP contribution in [0.4, 0.5) is 0 Å². The van der Waals surface area contributed by atoms with E-state index in [0.29, 0.717) is 13.2 Å². The van der Waals surface area contributed by atoms with E-state index in [2.05, 4.69) is 36.0 Å². The zero-order valence-corrected chi connectivity index (χ0v) is 13.4. The summed E-state index contributed by atoms with van der Waals surface area (Å²) in [4.78, 5) is 11.8. The Labute approximate surface area is 136 Å². The molecule has 1 saturated heterocycles. The van der Waals surface area contributed by atoms with Crippen LogP contribution in [-0.4, -0.2) is 19.1 Å². The van der Waals surface area contributed by atoms with Crippen LogP contribution in [0.3, 0.4) is 0 Å². The van der Waals surface area contributed by atoms with Crippen LogP contribution in [0.5, 0.6) is 5.75 Å². The summed E-state index contributed by atoms with van der Waals surface area (Å²) in [5, 5.41) is 2.25. The van der Waals surface area contributed by atoms with Gasteiger partial charge in [0.1, 0.15) is 5.75 Å². The first-order valence-corrected chi connectivity index (χ1v) is 8.18. The van der Waals surface area contributed by atoms with Crippen molar-refractivity contribution in [3.63, 3.8) is 0 Å². The normalized spacial score (nSPS) is 16.0. The van der Waals surface area contributed by atoms with Crippen molar-refractivity contribution >= 4 is 22.8 Å². The Kier molecular flexibility index (Phi) is 4.93. The van der Waals surface area contributed by atoms with Gasteiger partial charge < -0.3 is 4.74 Å². The van der Waals surface area contributed by atoms with Crippen molar-refractivity contribution < 1.29 is 9.53 Å². The molecule has 0 unspecified atom stereocenters. The molecule has 0 radical (unpaired) electrons. The summed E-state index contributed by atoms with van der Waals surface area (Å²) in [6.45, 7) is 3.40. The lowest BCUT2D eigenvalue weighted by molar-refractivity contribution is -0.116. The monoisotopic (exact) mass is 310 g/mol. The van der Waals surface area contributed by atoms with Crippen LogP contribution in [0.25, 0.3) is 16.8 Å². The minimum atomic E-state index is -0.0742. The van der Waals surface area contributed by atoms with Gasteiger partial charge in [0.25, 0.3) is 5.91 Å². The number of hydrogen-bond acceptors (Lipinski definition) is 3. The molecule has 0 bridgehead atoms. The first-order chi connectivity index (χ1) is 11.3. The van der Waals surface area contributed by atoms with Crippen LogP contribution in [0, 0.1) is 0 Å². The van der Waals surface area contributed by atoms with Gasteiger partial charge in [0.05, 0.1) is 6.61 Å².